The zero-order valence-corrected chi connectivity index (χ0v) is 20.9. The van der Waals surface area contributed by atoms with Crippen LogP contribution in [0.2, 0.25) is 0 Å². The van der Waals surface area contributed by atoms with Gasteiger partial charge in [-0.2, -0.15) is 0 Å². The molecular weight excluding hydrogens is 466 g/mol. The Morgan fingerprint density at radius 3 is 1.33 bits per heavy atom. The van der Waals surface area contributed by atoms with E-state index >= 15 is 0 Å². The SMILES string of the molecule is CCOP(=O)(Cc1nc2cc3sc(CP(=O)(OCC)OCC)nc3cc2s1)OCC. The van der Waals surface area contributed by atoms with Crippen LogP contribution in [0.1, 0.15) is 37.7 Å². The Labute approximate surface area is 184 Å². The quantitative estimate of drug-likeness (QED) is 0.267. The summed E-state index contributed by atoms with van der Waals surface area (Å²) in [7, 11) is -6.41. The third-order valence-corrected chi connectivity index (χ3v) is 10.4. The molecule has 3 aromatic rings. The van der Waals surface area contributed by atoms with Gasteiger partial charge in [-0.15, -0.1) is 22.7 Å². The zero-order valence-electron chi connectivity index (χ0n) is 17.5. The van der Waals surface area contributed by atoms with Crippen LogP contribution in [0.4, 0.5) is 0 Å². The minimum Gasteiger partial charge on any atom is -0.309 e. The first-order valence-electron chi connectivity index (χ1n) is 9.78. The van der Waals surface area contributed by atoms with Crippen molar-refractivity contribution in [1.29, 1.82) is 0 Å². The summed E-state index contributed by atoms with van der Waals surface area (Å²) in [5.74, 6) is 0. The smallest absolute Gasteiger partial charge is 0.309 e. The molecule has 0 radical (unpaired) electrons. The molecule has 0 amide bonds. The second kappa shape index (κ2) is 10.3. The number of thiazole rings is 2. The summed E-state index contributed by atoms with van der Waals surface area (Å²) in [5.41, 5.74) is 1.60. The topological polar surface area (TPSA) is 96.8 Å². The van der Waals surface area contributed by atoms with Gasteiger partial charge in [-0.25, -0.2) is 9.97 Å². The first kappa shape index (κ1) is 24.0. The van der Waals surface area contributed by atoms with Gasteiger partial charge in [-0.1, -0.05) is 0 Å². The number of fused-ring (bicyclic) bond motifs is 2. The van der Waals surface area contributed by atoms with E-state index in [9.17, 15) is 9.13 Å². The number of aromatic nitrogens is 2. The zero-order chi connectivity index (χ0) is 21.8. The Morgan fingerprint density at radius 2 is 1.03 bits per heavy atom. The molecule has 12 heteroatoms. The van der Waals surface area contributed by atoms with Crippen LogP contribution < -0.4 is 0 Å². The second-order valence-electron chi connectivity index (χ2n) is 6.21. The van der Waals surface area contributed by atoms with Gasteiger partial charge in [0.15, 0.2) is 0 Å². The van der Waals surface area contributed by atoms with Crippen molar-refractivity contribution in [1.82, 2.24) is 9.97 Å². The molecule has 30 heavy (non-hydrogen) atoms. The summed E-state index contributed by atoms with van der Waals surface area (Å²) in [4.78, 5) is 9.23. The lowest BCUT2D eigenvalue weighted by Crippen LogP contribution is -1.98. The first-order valence-corrected chi connectivity index (χ1v) is 14.9. The van der Waals surface area contributed by atoms with Gasteiger partial charge in [0.25, 0.3) is 0 Å². The highest BCUT2D eigenvalue weighted by Gasteiger charge is 2.28. The summed E-state index contributed by atoms with van der Waals surface area (Å²) in [6.45, 7) is 8.43. The van der Waals surface area contributed by atoms with Gasteiger partial charge in [0.1, 0.15) is 22.3 Å². The fraction of sp³-hybridized carbons (Fsp3) is 0.556. The van der Waals surface area contributed by atoms with Crippen LogP contribution in [0.15, 0.2) is 12.1 Å². The van der Waals surface area contributed by atoms with Crippen LogP contribution in [-0.2, 0) is 39.5 Å². The fourth-order valence-corrected chi connectivity index (χ4v) is 8.87. The maximum atomic E-state index is 12.8. The average molecular weight is 492 g/mol. The molecule has 0 N–H and O–H groups in total. The molecule has 0 unspecified atom stereocenters. The Morgan fingerprint density at radius 1 is 0.700 bits per heavy atom. The minimum atomic E-state index is -3.20. The molecule has 0 aliphatic rings. The van der Waals surface area contributed by atoms with Gasteiger partial charge >= 0.3 is 15.2 Å². The van der Waals surface area contributed by atoms with E-state index in [4.69, 9.17) is 18.1 Å². The summed E-state index contributed by atoms with van der Waals surface area (Å²) >= 11 is 2.89. The van der Waals surface area contributed by atoms with E-state index in [0.29, 0.717) is 36.4 Å². The van der Waals surface area contributed by atoms with Gasteiger partial charge in [0.05, 0.1) is 46.9 Å². The summed E-state index contributed by atoms with van der Waals surface area (Å²) in [5, 5.41) is 1.40. The maximum Gasteiger partial charge on any atom is 0.337 e. The number of hydrogen-bond acceptors (Lipinski definition) is 10. The largest absolute Gasteiger partial charge is 0.337 e. The van der Waals surface area contributed by atoms with E-state index in [-0.39, 0.29) is 12.3 Å². The first-order chi connectivity index (χ1) is 14.3. The molecule has 2 aromatic heterocycles. The molecule has 0 aliphatic heterocycles. The van der Waals surface area contributed by atoms with Crippen LogP contribution in [0.3, 0.4) is 0 Å². The van der Waals surface area contributed by atoms with Crippen molar-refractivity contribution in [3.05, 3.63) is 22.1 Å². The molecule has 2 heterocycles. The average Bonchev–Trinajstić information content (AvgIpc) is 3.20. The lowest BCUT2D eigenvalue weighted by molar-refractivity contribution is 0.218. The van der Waals surface area contributed by atoms with Crippen molar-refractivity contribution in [3.8, 4) is 0 Å². The molecule has 8 nitrogen and oxygen atoms in total. The Bertz CT molecular complexity index is 946. The highest BCUT2D eigenvalue weighted by atomic mass is 32.1. The molecule has 0 bridgehead atoms. The summed E-state index contributed by atoms with van der Waals surface area (Å²) < 4.78 is 48.9. The Hall–Kier alpha value is -0.700. The highest BCUT2D eigenvalue weighted by molar-refractivity contribution is 7.53. The lowest BCUT2D eigenvalue weighted by atomic mass is 10.3. The van der Waals surface area contributed by atoms with Crippen LogP contribution in [0, 0.1) is 0 Å². The van der Waals surface area contributed by atoms with E-state index < -0.39 is 15.2 Å². The number of nitrogens with zero attached hydrogens (tertiary/aromatic N) is 2. The molecule has 0 atom stereocenters. The van der Waals surface area contributed by atoms with E-state index in [1.807, 2.05) is 12.1 Å². The van der Waals surface area contributed by atoms with Gasteiger partial charge in [-0.3, -0.25) is 9.13 Å². The Kier molecular flexibility index (Phi) is 8.21. The molecule has 166 valence electrons. The second-order valence-corrected chi connectivity index (χ2v) is 12.6. The third kappa shape index (κ3) is 5.75. The normalized spacial score (nSPS) is 12.9. The van der Waals surface area contributed by atoms with Crippen molar-refractivity contribution < 1.29 is 27.2 Å². The van der Waals surface area contributed by atoms with Crippen molar-refractivity contribution in [2.75, 3.05) is 26.4 Å². The molecule has 0 fully saturated rings. The third-order valence-electron chi connectivity index (χ3n) is 3.95. The molecule has 0 saturated heterocycles. The van der Waals surface area contributed by atoms with Crippen molar-refractivity contribution in [2.45, 2.75) is 40.0 Å². The molecule has 0 aliphatic carbocycles. The van der Waals surface area contributed by atoms with E-state index in [2.05, 4.69) is 9.97 Å². The summed E-state index contributed by atoms with van der Waals surface area (Å²) in [6.07, 6.45) is 0.290. The molecular formula is C18H26N2O6P2S2. The summed E-state index contributed by atoms with van der Waals surface area (Å²) in [6, 6.07) is 3.90. The van der Waals surface area contributed by atoms with Gasteiger partial charge < -0.3 is 18.1 Å². The molecule has 0 saturated carbocycles. The monoisotopic (exact) mass is 492 g/mol. The van der Waals surface area contributed by atoms with Crippen LogP contribution in [-0.4, -0.2) is 36.4 Å². The molecule has 1 aromatic carbocycles. The number of rotatable bonds is 12. The van der Waals surface area contributed by atoms with Crippen LogP contribution in [0.5, 0.6) is 0 Å². The highest BCUT2D eigenvalue weighted by Crippen LogP contribution is 2.53. The predicted octanol–water partition coefficient (Wildman–Crippen LogP) is 6.44. The number of hydrogen-bond donors (Lipinski definition) is 0. The molecule has 0 spiro atoms. The predicted molar refractivity (Wildman–Crippen MR) is 122 cm³/mol. The van der Waals surface area contributed by atoms with Gasteiger partial charge in [-0.05, 0) is 39.8 Å². The van der Waals surface area contributed by atoms with Crippen molar-refractivity contribution in [3.63, 3.8) is 0 Å². The maximum absolute atomic E-state index is 12.8. The Balaban J connectivity index is 1.87. The van der Waals surface area contributed by atoms with Crippen molar-refractivity contribution in [2.24, 2.45) is 0 Å². The van der Waals surface area contributed by atoms with Crippen LogP contribution >= 0.6 is 37.9 Å². The van der Waals surface area contributed by atoms with Crippen LogP contribution in [0.25, 0.3) is 20.4 Å². The fourth-order valence-electron chi connectivity index (χ4n) is 2.96. The van der Waals surface area contributed by atoms with E-state index in [1.54, 1.807) is 27.7 Å². The standard InChI is InChI=1S/C18H26N2O6P2S2/c1-5-23-27(21,24-6-2)11-17-19-13-9-16-14(10-15(13)29-17)20-18(30-16)12-28(22,25-7-3)26-8-4/h9-10H,5-8,11-12H2,1-4H3. The van der Waals surface area contributed by atoms with E-state index in [0.717, 1.165) is 20.4 Å². The van der Waals surface area contributed by atoms with E-state index in [1.165, 1.54) is 22.7 Å². The van der Waals surface area contributed by atoms with Gasteiger partial charge in [0.2, 0.25) is 0 Å². The minimum absolute atomic E-state index is 0.145. The van der Waals surface area contributed by atoms with Crippen molar-refractivity contribution >= 4 is 58.3 Å². The lowest BCUT2D eigenvalue weighted by Gasteiger charge is -2.15. The molecule has 3 rings (SSSR count). The number of benzene rings is 1. The van der Waals surface area contributed by atoms with Gasteiger partial charge in [0, 0.05) is 0 Å².